The predicted molar refractivity (Wildman–Crippen MR) is 233 cm³/mol. The molecule has 0 fully saturated rings. The van der Waals surface area contributed by atoms with Crippen LogP contribution in [0.4, 0.5) is 0 Å². The first-order valence-corrected chi connectivity index (χ1v) is 22.8. The Hall–Kier alpha value is -2.89. The molecule has 0 aromatic rings. The summed E-state index contributed by atoms with van der Waals surface area (Å²) in [5, 5.41) is 0. The summed E-state index contributed by atoms with van der Waals surface area (Å²) in [6.45, 7) is 6.36. The van der Waals surface area contributed by atoms with Crippen LogP contribution in [0.15, 0.2) is 60.8 Å². The molecule has 0 aromatic carbocycles. The summed E-state index contributed by atoms with van der Waals surface area (Å²) in [6.07, 6.45) is 52.5. The van der Waals surface area contributed by atoms with E-state index in [1.807, 2.05) is 6.08 Å². The average molecular weight is 769 g/mol. The quantitative estimate of drug-likeness (QED) is 0.0203. The van der Waals surface area contributed by atoms with Gasteiger partial charge in [-0.3, -0.25) is 14.4 Å². The SMILES string of the molecule is CC/C=C\C/C=C\C/C=C\CC(=O)OC(COC(=O)CCCCCCCCCCC)COC(=O)CCCCCCCCCCCC/C=C\C=C/CCCCC. The van der Waals surface area contributed by atoms with E-state index in [4.69, 9.17) is 14.2 Å². The largest absolute Gasteiger partial charge is 0.462 e. The normalized spacial score (nSPS) is 12.6. The van der Waals surface area contributed by atoms with Crippen LogP contribution in [0.5, 0.6) is 0 Å². The molecule has 1 unspecified atom stereocenters. The Kier molecular flexibility index (Phi) is 41.5. The second-order valence-corrected chi connectivity index (χ2v) is 15.0. The van der Waals surface area contributed by atoms with Crippen molar-refractivity contribution in [2.75, 3.05) is 13.2 Å². The molecule has 0 rings (SSSR count). The van der Waals surface area contributed by atoms with Crippen LogP contribution in [-0.2, 0) is 28.6 Å². The van der Waals surface area contributed by atoms with Gasteiger partial charge in [-0.2, -0.15) is 0 Å². The average Bonchev–Trinajstić information content (AvgIpc) is 3.18. The topological polar surface area (TPSA) is 78.9 Å². The maximum absolute atomic E-state index is 12.6. The fourth-order valence-electron chi connectivity index (χ4n) is 6.14. The van der Waals surface area contributed by atoms with Crippen molar-refractivity contribution < 1.29 is 28.6 Å². The van der Waals surface area contributed by atoms with Crippen molar-refractivity contribution in [3.05, 3.63) is 60.8 Å². The Balaban J connectivity index is 4.30. The van der Waals surface area contributed by atoms with Gasteiger partial charge in [-0.05, 0) is 57.8 Å². The van der Waals surface area contributed by atoms with Gasteiger partial charge in [0.2, 0.25) is 0 Å². The van der Waals surface area contributed by atoms with Crippen LogP contribution in [0.25, 0.3) is 0 Å². The number of unbranched alkanes of at least 4 members (excludes halogenated alkanes) is 21. The summed E-state index contributed by atoms with van der Waals surface area (Å²) in [5.74, 6) is -1.05. The zero-order chi connectivity index (χ0) is 40.1. The van der Waals surface area contributed by atoms with Gasteiger partial charge in [0, 0.05) is 12.8 Å². The second-order valence-electron chi connectivity index (χ2n) is 15.0. The summed E-state index contributed by atoms with van der Waals surface area (Å²) in [6, 6.07) is 0. The summed E-state index contributed by atoms with van der Waals surface area (Å²) < 4.78 is 16.5. The van der Waals surface area contributed by atoms with Gasteiger partial charge in [-0.25, -0.2) is 0 Å². The van der Waals surface area contributed by atoms with E-state index in [0.29, 0.717) is 12.8 Å². The highest BCUT2D eigenvalue weighted by atomic mass is 16.6. The third-order valence-electron chi connectivity index (χ3n) is 9.57. The Labute approximate surface area is 339 Å². The molecular formula is C49H84O6. The van der Waals surface area contributed by atoms with Crippen molar-refractivity contribution >= 4 is 17.9 Å². The van der Waals surface area contributed by atoms with Crippen molar-refractivity contribution in [3.63, 3.8) is 0 Å². The molecule has 0 saturated carbocycles. The van der Waals surface area contributed by atoms with E-state index >= 15 is 0 Å². The van der Waals surface area contributed by atoms with Gasteiger partial charge in [0.05, 0.1) is 6.42 Å². The van der Waals surface area contributed by atoms with Gasteiger partial charge in [-0.15, -0.1) is 0 Å². The molecule has 0 amide bonds. The Morgan fingerprint density at radius 2 is 0.800 bits per heavy atom. The lowest BCUT2D eigenvalue weighted by Gasteiger charge is -2.18. The van der Waals surface area contributed by atoms with Gasteiger partial charge in [0.15, 0.2) is 6.10 Å². The van der Waals surface area contributed by atoms with Crippen molar-refractivity contribution in [2.24, 2.45) is 0 Å². The molecule has 0 spiro atoms. The third kappa shape index (κ3) is 42.1. The van der Waals surface area contributed by atoms with Crippen LogP contribution >= 0.6 is 0 Å². The molecule has 6 heteroatoms. The van der Waals surface area contributed by atoms with Gasteiger partial charge >= 0.3 is 17.9 Å². The maximum Gasteiger partial charge on any atom is 0.310 e. The monoisotopic (exact) mass is 769 g/mol. The zero-order valence-electron chi connectivity index (χ0n) is 35.9. The minimum atomic E-state index is -0.819. The van der Waals surface area contributed by atoms with E-state index in [2.05, 4.69) is 69.4 Å². The maximum atomic E-state index is 12.6. The first-order valence-electron chi connectivity index (χ1n) is 22.8. The molecule has 55 heavy (non-hydrogen) atoms. The first kappa shape index (κ1) is 52.1. The number of ether oxygens (including phenoxy) is 3. The highest BCUT2D eigenvalue weighted by molar-refractivity contribution is 5.72. The van der Waals surface area contributed by atoms with Crippen LogP contribution < -0.4 is 0 Å². The zero-order valence-corrected chi connectivity index (χ0v) is 35.9. The number of rotatable bonds is 40. The molecule has 0 N–H and O–H groups in total. The molecule has 0 aliphatic carbocycles. The molecular weight excluding hydrogens is 685 g/mol. The molecule has 0 radical (unpaired) electrons. The van der Waals surface area contributed by atoms with E-state index < -0.39 is 12.1 Å². The molecule has 0 heterocycles. The molecule has 0 bridgehead atoms. The molecule has 0 saturated heterocycles. The molecule has 0 aromatic heterocycles. The summed E-state index contributed by atoms with van der Waals surface area (Å²) in [4.78, 5) is 37.5. The molecule has 0 aliphatic heterocycles. The van der Waals surface area contributed by atoms with Crippen molar-refractivity contribution in [3.8, 4) is 0 Å². The lowest BCUT2D eigenvalue weighted by Crippen LogP contribution is -2.30. The minimum absolute atomic E-state index is 0.107. The van der Waals surface area contributed by atoms with E-state index in [9.17, 15) is 14.4 Å². The summed E-state index contributed by atoms with van der Waals surface area (Å²) in [7, 11) is 0. The first-order chi connectivity index (χ1) is 27.0. The Morgan fingerprint density at radius 3 is 1.27 bits per heavy atom. The van der Waals surface area contributed by atoms with Crippen molar-refractivity contribution in [1.82, 2.24) is 0 Å². The fraction of sp³-hybridized carbons (Fsp3) is 0.735. The van der Waals surface area contributed by atoms with Gasteiger partial charge < -0.3 is 14.2 Å². The molecule has 0 aliphatic rings. The van der Waals surface area contributed by atoms with E-state index in [1.54, 1.807) is 6.08 Å². The van der Waals surface area contributed by atoms with E-state index in [1.165, 1.54) is 116 Å². The van der Waals surface area contributed by atoms with E-state index in [0.717, 1.165) is 57.8 Å². The highest BCUT2D eigenvalue weighted by Gasteiger charge is 2.19. The summed E-state index contributed by atoms with van der Waals surface area (Å²) >= 11 is 0. The third-order valence-corrected chi connectivity index (χ3v) is 9.57. The minimum Gasteiger partial charge on any atom is -0.462 e. The van der Waals surface area contributed by atoms with Crippen LogP contribution in [0.1, 0.15) is 213 Å². The highest BCUT2D eigenvalue weighted by Crippen LogP contribution is 2.14. The van der Waals surface area contributed by atoms with Crippen molar-refractivity contribution in [2.45, 2.75) is 219 Å². The fourth-order valence-corrected chi connectivity index (χ4v) is 6.14. The van der Waals surface area contributed by atoms with E-state index in [-0.39, 0.29) is 31.6 Å². The number of esters is 3. The molecule has 316 valence electrons. The van der Waals surface area contributed by atoms with Crippen LogP contribution in [0.3, 0.4) is 0 Å². The number of carbonyl (C=O) groups excluding carboxylic acids is 3. The van der Waals surface area contributed by atoms with Crippen LogP contribution in [-0.4, -0.2) is 37.2 Å². The Morgan fingerprint density at radius 1 is 0.418 bits per heavy atom. The van der Waals surface area contributed by atoms with Crippen molar-refractivity contribution in [1.29, 1.82) is 0 Å². The number of allylic oxidation sites excluding steroid dienone is 9. The van der Waals surface area contributed by atoms with Crippen LogP contribution in [0.2, 0.25) is 0 Å². The number of hydrogen-bond acceptors (Lipinski definition) is 6. The predicted octanol–water partition coefficient (Wildman–Crippen LogP) is 14.5. The molecule has 1 atom stereocenters. The Bertz CT molecular complexity index is 1020. The molecule has 6 nitrogen and oxygen atoms in total. The van der Waals surface area contributed by atoms with Gasteiger partial charge in [-0.1, -0.05) is 197 Å². The number of carbonyl (C=O) groups is 3. The number of hydrogen-bond donors (Lipinski definition) is 0. The lowest BCUT2D eigenvalue weighted by atomic mass is 10.1. The smallest absolute Gasteiger partial charge is 0.310 e. The van der Waals surface area contributed by atoms with Gasteiger partial charge in [0.1, 0.15) is 13.2 Å². The second kappa shape index (κ2) is 43.8. The van der Waals surface area contributed by atoms with Gasteiger partial charge in [0.25, 0.3) is 0 Å². The van der Waals surface area contributed by atoms with Crippen LogP contribution in [0, 0.1) is 0 Å². The lowest BCUT2D eigenvalue weighted by molar-refractivity contribution is -0.166. The summed E-state index contributed by atoms with van der Waals surface area (Å²) in [5.41, 5.74) is 0. The standard InChI is InChI=1S/C49H84O6/c1-4-7-10-13-16-19-20-21-22-23-24-25-26-27-28-31-33-36-39-42-48(51)54-45-46(55-49(52)43-40-37-34-30-18-15-12-9-6-3)44-53-47(50)41-38-35-32-29-17-14-11-8-5-2/h9,12,16,18-21,30,37,40,46H,4-8,10-11,13-15,17,22-29,31-36,38-39,41-45H2,1-3H3/b12-9-,19-16-,21-20-,30-18-,40-37-.